The number of aromatic amines is 1. The molecule has 0 bridgehead atoms. The minimum Gasteiger partial charge on any atom is -0.360 e. The Morgan fingerprint density at radius 3 is 2.95 bits per heavy atom. The predicted octanol–water partition coefficient (Wildman–Crippen LogP) is 2.65. The molecule has 1 amide bonds. The number of anilines is 1. The lowest BCUT2D eigenvalue weighted by atomic mass is 10.3. The molecule has 114 valence electrons. The molecular formula is C13H18N4O2S2. The van der Waals surface area contributed by atoms with Gasteiger partial charge >= 0.3 is 0 Å². The summed E-state index contributed by atoms with van der Waals surface area (Å²) in [5.41, 5.74) is 2.14. The van der Waals surface area contributed by atoms with E-state index in [4.69, 9.17) is 4.52 Å². The number of amides is 1. The van der Waals surface area contributed by atoms with Crippen LogP contribution in [0.2, 0.25) is 0 Å². The van der Waals surface area contributed by atoms with Crippen LogP contribution in [0.4, 0.5) is 5.82 Å². The van der Waals surface area contributed by atoms with Crippen LogP contribution in [0.15, 0.2) is 15.7 Å². The molecule has 0 saturated heterocycles. The van der Waals surface area contributed by atoms with Gasteiger partial charge in [-0.05, 0) is 25.9 Å². The zero-order valence-corrected chi connectivity index (χ0v) is 13.9. The van der Waals surface area contributed by atoms with Gasteiger partial charge < -0.3 is 14.8 Å². The number of imidazole rings is 1. The van der Waals surface area contributed by atoms with E-state index in [1.165, 1.54) is 11.8 Å². The average Bonchev–Trinajstić information content (AvgIpc) is 3.00. The number of hydrogen-bond donors (Lipinski definition) is 2. The van der Waals surface area contributed by atoms with E-state index in [1.807, 2.05) is 6.92 Å². The van der Waals surface area contributed by atoms with Gasteiger partial charge in [-0.2, -0.15) is 11.8 Å². The highest BCUT2D eigenvalue weighted by atomic mass is 32.2. The third kappa shape index (κ3) is 4.82. The molecule has 0 fully saturated rings. The van der Waals surface area contributed by atoms with E-state index >= 15 is 0 Å². The maximum absolute atomic E-state index is 11.8. The summed E-state index contributed by atoms with van der Waals surface area (Å²) in [6, 6.07) is 1.68. The first-order valence-corrected chi connectivity index (χ1v) is 8.87. The van der Waals surface area contributed by atoms with Crippen molar-refractivity contribution in [1.29, 1.82) is 0 Å². The van der Waals surface area contributed by atoms with Crippen LogP contribution in [0.1, 0.15) is 17.1 Å². The molecule has 8 heteroatoms. The zero-order chi connectivity index (χ0) is 15.2. The Morgan fingerprint density at radius 1 is 1.48 bits per heavy atom. The number of aryl methyl sites for hydroxylation is 3. The van der Waals surface area contributed by atoms with Gasteiger partial charge in [-0.3, -0.25) is 4.79 Å². The maximum Gasteiger partial charge on any atom is 0.236 e. The van der Waals surface area contributed by atoms with Crippen LogP contribution in [0.5, 0.6) is 0 Å². The Kier molecular flexibility index (Phi) is 5.75. The first-order valence-electron chi connectivity index (χ1n) is 6.49. The number of rotatable bonds is 7. The summed E-state index contributed by atoms with van der Waals surface area (Å²) in [5, 5.41) is 7.17. The quantitative estimate of drug-likeness (QED) is 0.761. The van der Waals surface area contributed by atoms with Crippen molar-refractivity contribution in [2.24, 2.45) is 0 Å². The van der Waals surface area contributed by atoms with Crippen molar-refractivity contribution >= 4 is 35.2 Å². The van der Waals surface area contributed by atoms with Crippen LogP contribution in [0.3, 0.4) is 0 Å². The third-order valence-corrected chi connectivity index (χ3v) is 4.23. The van der Waals surface area contributed by atoms with Crippen LogP contribution < -0.4 is 5.32 Å². The molecule has 0 atom stereocenters. The maximum atomic E-state index is 11.8. The van der Waals surface area contributed by atoms with E-state index in [2.05, 4.69) is 26.7 Å². The highest BCUT2D eigenvalue weighted by Crippen LogP contribution is 2.18. The van der Waals surface area contributed by atoms with Gasteiger partial charge in [0.05, 0.1) is 11.4 Å². The predicted molar refractivity (Wildman–Crippen MR) is 86.0 cm³/mol. The minimum atomic E-state index is -0.131. The first-order chi connectivity index (χ1) is 10.1. The molecule has 0 spiro atoms. The number of carbonyl (C=O) groups excluding carboxylic acids is 1. The van der Waals surface area contributed by atoms with Gasteiger partial charge in [0.2, 0.25) is 5.91 Å². The van der Waals surface area contributed by atoms with E-state index < -0.39 is 0 Å². The van der Waals surface area contributed by atoms with Crippen LogP contribution in [0, 0.1) is 13.8 Å². The molecule has 0 aliphatic rings. The molecule has 2 N–H and O–H groups in total. The Morgan fingerprint density at radius 2 is 2.29 bits per heavy atom. The minimum absolute atomic E-state index is 0.131. The molecule has 21 heavy (non-hydrogen) atoms. The Bertz CT molecular complexity index is 609. The summed E-state index contributed by atoms with van der Waals surface area (Å²) in [7, 11) is 0. The second kappa shape index (κ2) is 7.56. The van der Waals surface area contributed by atoms with Crippen molar-refractivity contribution in [2.75, 3.05) is 23.1 Å². The summed E-state index contributed by atoms with van der Waals surface area (Å²) in [4.78, 5) is 19.5. The van der Waals surface area contributed by atoms with Crippen molar-refractivity contribution in [3.05, 3.63) is 23.2 Å². The van der Waals surface area contributed by atoms with Crippen LogP contribution in [-0.2, 0) is 11.2 Å². The van der Waals surface area contributed by atoms with Gasteiger partial charge in [-0.25, -0.2) is 4.98 Å². The number of thioether (sulfide) groups is 2. The van der Waals surface area contributed by atoms with Crippen molar-refractivity contribution < 1.29 is 9.32 Å². The fourth-order valence-corrected chi connectivity index (χ4v) is 2.85. The first kappa shape index (κ1) is 16.0. The number of nitrogens with one attached hydrogen (secondary N) is 2. The molecule has 0 radical (unpaired) electrons. The highest BCUT2D eigenvalue weighted by Gasteiger charge is 2.10. The molecule has 2 rings (SSSR count). The lowest BCUT2D eigenvalue weighted by Gasteiger charge is -1.99. The van der Waals surface area contributed by atoms with E-state index in [0.717, 1.165) is 28.7 Å². The average molecular weight is 326 g/mol. The number of aromatic nitrogens is 3. The fourth-order valence-electron chi connectivity index (χ4n) is 1.72. The van der Waals surface area contributed by atoms with Crippen molar-refractivity contribution in [2.45, 2.75) is 25.4 Å². The standard InChI is InChI=1S/C13H18N4O2S2/c1-8-6-11(17-19-8)16-12(18)7-21-13-14-9(2)10(15-13)4-5-20-3/h6H,4-5,7H2,1-3H3,(H,14,15)(H,16,17,18). The Hall–Kier alpha value is -1.41. The van der Waals surface area contributed by atoms with Crippen molar-refractivity contribution in [3.63, 3.8) is 0 Å². The number of nitrogens with zero attached hydrogens (tertiary/aromatic N) is 2. The Balaban J connectivity index is 1.83. The zero-order valence-electron chi connectivity index (χ0n) is 12.2. The van der Waals surface area contributed by atoms with E-state index in [1.54, 1.807) is 24.8 Å². The largest absolute Gasteiger partial charge is 0.360 e. The molecule has 2 heterocycles. The summed E-state index contributed by atoms with van der Waals surface area (Å²) < 4.78 is 4.89. The molecule has 0 aromatic carbocycles. The van der Waals surface area contributed by atoms with Gasteiger partial charge in [0.25, 0.3) is 0 Å². The monoisotopic (exact) mass is 326 g/mol. The second-order valence-electron chi connectivity index (χ2n) is 4.52. The molecule has 0 saturated carbocycles. The van der Waals surface area contributed by atoms with Gasteiger partial charge in [0.1, 0.15) is 5.76 Å². The molecular weight excluding hydrogens is 308 g/mol. The fraction of sp³-hybridized carbons (Fsp3) is 0.462. The van der Waals surface area contributed by atoms with Gasteiger partial charge in [-0.15, -0.1) is 0 Å². The van der Waals surface area contributed by atoms with Crippen LogP contribution in [0.25, 0.3) is 0 Å². The van der Waals surface area contributed by atoms with E-state index in [-0.39, 0.29) is 11.7 Å². The normalized spacial score (nSPS) is 10.8. The van der Waals surface area contributed by atoms with Crippen LogP contribution >= 0.6 is 23.5 Å². The summed E-state index contributed by atoms with van der Waals surface area (Å²) in [6.07, 6.45) is 3.02. The van der Waals surface area contributed by atoms with Gasteiger partial charge in [0, 0.05) is 18.2 Å². The summed E-state index contributed by atoms with van der Waals surface area (Å²) >= 11 is 3.17. The summed E-state index contributed by atoms with van der Waals surface area (Å²) in [6.45, 7) is 3.78. The molecule has 2 aromatic rings. The summed E-state index contributed by atoms with van der Waals surface area (Å²) in [5.74, 6) is 2.29. The molecule has 0 unspecified atom stereocenters. The SMILES string of the molecule is CSCCc1nc(SCC(=O)Nc2cc(C)on2)[nH]c1C. The number of hydrogen-bond acceptors (Lipinski definition) is 6. The molecule has 0 aliphatic heterocycles. The van der Waals surface area contributed by atoms with Crippen molar-refractivity contribution in [1.82, 2.24) is 15.1 Å². The van der Waals surface area contributed by atoms with E-state index in [9.17, 15) is 4.79 Å². The van der Waals surface area contributed by atoms with Gasteiger partial charge in [-0.1, -0.05) is 16.9 Å². The lowest BCUT2D eigenvalue weighted by molar-refractivity contribution is -0.113. The van der Waals surface area contributed by atoms with E-state index in [0.29, 0.717) is 11.6 Å². The topological polar surface area (TPSA) is 83.8 Å². The highest BCUT2D eigenvalue weighted by molar-refractivity contribution is 7.99. The number of carbonyl (C=O) groups is 1. The van der Waals surface area contributed by atoms with Crippen molar-refractivity contribution in [3.8, 4) is 0 Å². The molecule has 2 aromatic heterocycles. The smallest absolute Gasteiger partial charge is 0.236 e. The number of H-pyrrole nitrogens is 1. The molecule has 0 aliphatic carbocycles. The van der Waals surface area contributed by atoms with Crippen LogP contribution in [-0.4, -0.2) is 38.8 Å². The third-order valence-electron chi connectivity index (χ3n) is 2.74. The molecule has 6 nitrogen and oxygen atoms in total. The van der Waals surface area contributed by atoms with Gasteiger partial charge in [0.15, 0.2) is 11.0 Å². The lowest BCUT2D eigenvalue weighted by Crippen LogP contribution is -2.14. The Labute approximate surface area is 131 Å². The second-order valence-corrected chi connectivity index (χ2v) is 6.47.